The van der Waals surface area contributed by atoms with Gasteiger partial charge in [0.2, 0.25) is 0 Å². The number of carbonyl (C=O) groups excluding carboxylic acids is 2. The maximum Gasteiger partial charge on any atom is 0.335 e. The van der Waals surface area contributed by atoms with Crippen LogP contribution in [0.15, 0.2) is 59.8 Å². The van der Waals surface area contributed by atoms with Crippen LogP contribution in [0.25, 0.3) is 0 Å². The van der Waals surface area contributed by atoms with E-state index in [2.05, 4.69) is 10.6 Å². The van der Waals surface area contributed by atoms with Gasteiger partial charge in [0.05, 0.1) is 25.7 Å². The summed E-state index contributed by atoms with van der Waals surface area (Å²) in [5.41, 5.74) is 2.52. The number of halogens is 2. The van der Waals surface area contributed by atoms with E-state index in [1.54, 1.807) is 30.3 Å². The van der Waals surface area contributed by atoms with E-state index in [4.69, 9.17) is 32.7 Å². The summed E-state index contributed by atoms with van der Waals surface area (Å²) in [5.74, 6) is -1.35. The van der Waals surface area contributed by atoms with Gasteiger partial charge in [-0.25, -0.2) is 4.79 Å². The Balaban J connectivity index is 1.96. The highest BCUT2D eigenvalue weighted by molar-refractivity contribution is 6.31. The molecule has 158 valence electrons. The van der Waals surface area contributed by atoms with E-state index in [0.717, 1.165) is 5.69 Å². The molecular weight excluding hydrogens is 427 g/mol. The number of hydrogen-bond acceptors (Lipinski definition) is 6. The molecule has 6 nitrogen and oxygen atoms in total. The number of anilines is 2. The molecular formula is C22H22Cl2N2O4. The van der Waals surface area contributed by atoms with Gasteiger partial charge in [-0.1, -0.05) is 35.3 Å². The smallest absolute Gasteiger partial charge is 0.335 e. The van der Waals surface area contributed by atoms with Crippen molar-refractivity contribution in [3.05, 3.63) is 69.8 Å². The number of nitrogens with one attached hydrogen (secondary N) is 2. The van der Waals surface area contributed by atoms with Crippen LogP contribution in [0.4, 0.5) is 11.4 Å². The first-order valence-corrected chi connectivity index (χ1v) is 10.1. The predicted molar refractivity (Wildman–Crippen MR) is 118 cm³/mol. The topological polar surface area (TPSA) is 76.7 Å². The standard InChI is InChI=1S/C22H22Cl2N2O4/c1-29-21(27)17-11-20(26-16-8-4-6-14(24)10-16)18(22(28)30-2)12-19(17)25-15-7-3-5-13(23)9-15/h3-10,17,19,25-26H,11-12H2,1-2H3. The van der Waals surface area contributed by atoms with Crippen LogP contribution in [0.2, 0.25) is 10.0 Å². The minimum absolute atomic E-state index is 0.266. The highest BCUT2D eigenvalue weighted by Gasteiger charge is 2.38. The van der Waals surface area contributed by atoms with Crippen LogP contribution < -0.4 is 10.6 Å². The second-order valence-corrected chi connectivity index (χ2v) is 7.76. The number of ether oxygens (including phenoxy) is 2. The zero-order valence-corrected chi connectivity index (χ0v) is 18.1. The summed E-state index contributed by atoms with van der Waals surface area (Å²) in [7, 11) is 2.68. The first-order chi connectivity index (χ1) is 14.4. The molecule has 2 aromatic rings. The molecule has 0 aliphatic heterocycles. The maximum atomic E-state index is 12.6. The zero-order valence-electron chi connectivity index (χ0n) is 16.6. The quantitative estimate of drug-likeness (QED) is 0.612. The average Bonchev–Trinajstić information content (AvgIpc) is 2.73. The van der Waals surface area contributed by atoms with E-state index in [1.807, 2.05) is 18.2 Å². The number of hydrogen-bond donors (Lipinski definition) is 2. The van der Waals surface area contributed by atoms with E-state index in [1.165, 1.54) is 14.2 Å². The molecule has 0 bridgehead atoms. The third kappa shape index (κ3) is 5.26. The van der Waals surface area contributed by atoms with Crippen molar-refractivity contribution in [2.45, 2.75) is 18.9 Å². The molecule has 0 saturated heterocycles. The molecule has 0 saturated carbocycles. The van der Waals surface area contributed by atoms with Gasteiger partial charge in [-0.2, -0.15) is 0 Å². The molecule has 1 aliphatic rings. The molecule has 2 unspecified atom stereocenters. The number of esters is 2. The van der Waals surface area contributed by atoms with E-state index in [-0.39, 0.29) is 24.9 Å². The minimum Gasteiger partial charge on any atom is -0.469 e. The van der Waals surface area contributed by atoms with Crippen molar-refractivity contribution in [2.75, 3.05) is 24.9 Å². The first-order valence-electron chi connectivity index (χ1n) is 9.34. The number of carbonyl (C=O) groups is 2. The van der Waals surface area contributed by atoms with Crippen molar-refractivity contribution < 1.29 is 19.1 Å². The Morgan fingerprint density at radius 3 is 2.17 bits per heavy atom. The second-order valence-electron chi connectivity index (χ2n) is 6.88. The van der Waals surface area contributed by atoms with Gasteiger partial charge >= 0.3 is 11.9 Å². The Labute approximate surface area is 185 Å². The predicted octanol–water partition coefficient (Wildman–Crippen LogP) is 4.90. The number of rotatable bonds is 6. The summed E-state index contributed by atoms with van der Waals surface area (Å²) in [5, 5.41) is 7.66. The molecule has 0 amide bonds. The molecule has 0 radical (unpaired) electrons. The number of allylic oxidation sites excluding steroid dienone is 1. The van der Waals surface area contributed by atoms with Crippen molar-refractivity contribution in [1.29, 1.82) is 0 Å². The largest absolute Gasteiger partial charge is 0.469 e. The lowest BCUT2D eigenvalue weighted by Gasteiger charge is -2.34. The van der Waals surface area contributed by atoms with Crippen LogP contribution in [-0.4, -0.2) is 32.2 Å². The van der Waals surface area contributed by atoms with Gasteiger partial charge in [0.1, 0.15) is 0 Å². The van der Waals surface area contributed by atoms with E-state index in [9.17, 15) is 9.59 Å². The molecule has 0 aromatic heterocycles. The van der Waals surface area contributed by atoms with Crippen LogP contribution in [-0.2, 0) is 19.1 Å². The van der Waals surface area contributed by atoms with Gasteiger partial charge < -0.3 is 20.1 Å². The Morgan fingerprint density at radius 2 is 1.57 bits per heavy atom. The van der Waals surface area contributed by atoms with Crippen molar-refractivity contribution in [3.8, 4) is 0 Å². The molecule has 0 spiro atoms. The summed E-state index contributed by atoms with van der Waals surface area (Å²) >= 11 is 12.2. The maximum absolute atomic E-state index is 12.6. The van der Waals surface area contributed by atoms with Gasteiger partial charge in [-0.3, -0.25) is 4.79 Å². The molecule has 8 heteroatoms. The molecule has 2 atom stereocenters. The van der Waals surface area contributed by atoms with Crippen LogP contribution in [0.5, 0.6) is 0 Å². The zero-order chi connectivity index (χ0) is 21.7. The summed E-state index contributed by atoms with van der Waals surface area (Å²) in [6, 6.07) is 13.9. The van der Waals surface area contributed by atoms with Crippen molar-refractivity contribution in [1.82, 2.24) is 0 Å². The van der Waals surface area contributed by atoms with Crippen LogP contribution in [0, 0.1) is 5.92 Å². The number of benzene rings is 2. The molecule has 0 fully saturated rings. The molecule has 2 aromatic carbocycles. The third-order valence-corrected chi connectivity index (χ3v) is 5.40. The Morgan fingerprint density at radius 1 is 0.933 bits per heavy atom. The normalized spacial score (nSPS) is 18.5. The highest BCUT2D eigenvalue weighted by Crippen LogP contribution is 2.34. The molecule has 2 N–H and O–H groups in total. The summed E-state index contributed by atoms with van der Waals surface area (Å²) < 4.78 is 10.0. The van der Waals surface area contributed by atoms with E-state index in [0.29, 0.717) is 27.0 Å². The fourth-order valence-corrected chi connectivity index (χ4v) is 3.89. The molecule has 30 heavy (non-hydrogen) atoms. The third-order valence-electron chi connectivity index (χ3n) is 4.93. The van der Waals surface area contributed by atoms with Gasteiger partial charge in [0.25, 0.3) is 0 Å². The van der Waals surface area contributed by atoms with Gasteiger partial charge in [0.15, 0.2) is 0 Å². The fourth-order valence-electron chi connectivity index (χ4n) is 3.51. The van der Waals surface area contributed by atoms with Crippen LogP contribution >= 0.6 is 23.2 Å². The first kappa shape index (κ1) is 22.0. The van der Waals surface area contributed by atoms with Crippen molar-refractivity contribution >= 4 is 46.5 Å². The Kier molecular flexibility index (Phi) is 7.24. The fraction of sp³-hybridized carbons (Fsp3) is 0.273. The SMILES string of the molecule is COC(=O)C1=C(Nc2cccc(Cl)c2)CC(C(=O)OC)C(Nc2cccc(Cl)c2)C1. The lowest BCUT2D eigenvalue weighted by Crippen LogP contribution is -2.41. The van der Waals surface area contributed by atoms with Gasteiger partial charge in [0, 0.05) is 46.0 Å². The second kappa shape index (κ2) is 9.87. The summed E-state index contributed by atoms with van der Waals surface area (Å²) in [4.78, 5) is 25.1. The van der Waals surface area contributed by atoms with Gasteiger partial charge in [-0.05, 0) is 36.4 Å². The lowest BCUT2D eigenvalue weighted by atomic mass is 9.82. The summed E-state index contributed by atoms with van der Waals surface area (Å²) in [6.07, 6.45) is 0.531. The number of methoxy groups -OCH3 is 2. The van der Waals surface area contributed by atoms with E-state index >= 15 is 0 Å². The Bertz CT molecular complexity index is 977. The van der Waals surface area contributed by atoms with Crippen molar-refractivity contribution in [3.63, 3.8) is 0 Å². The highest BCUT2D eigenvalue weighted by atomic mass is 35.5. The van der Waals surface area contributed by atoms with E-state index < -0.39 is 11.9 Å². The van der Waals surface area contributed by atoms with Crippen LogP contribution in [0.1, 0.15) is 12.8 Å². The molecule has 1 aliphatic carbocycles. The van der Waals surface area contributed by atoms with Crippen molar-refractivity contribution in [2.24, 2.45) is 5.92 Å². The lowest BCUT2D eigenvalue weighted by molar-refractivity contribution is -0.146. The summed E-state index contributed by atoms with van der Waals surface area (Å²) in [6.45, 7) is 0. The monoisotopic (exact) mass is 448 g/mol. The minimum atomic E-state index is -0.524. The molecule has 3 rings (SSSR count). The van der Waals surface area contributed by atoms with Crippen LogP contribution in [0.3, 0.4) is 0 Å². The average molecular weight is 449 g/mol. The molecule has 0 heterocycles. The Hall–Kier alpha value is -2.70. The van der Waals surface area contributed by atoms with Gasteiger partial charge in [-0.15, -0.1) is 0 Å².